The summed E-state index contributed by atoms with van der Waals surface area (Å²) < 4.78 is 0. The molecule has 0 saturated heterocycles. The van der Waals surface area contributed by atoms with E-state index in [0.29, 0.717) is 17.4 Å². The van der Waals surface area contributed by atoms with E-state index in [1.807, 2.05) is 30.3 Å². The number of carbonyl (C=O) groups excluding carboxylic acids is 2. The first-order valence-corrected chi connectivity index (χ1v) is 9.30. The van der Waals surface area contributed by atoms with Crippen molar-refractivity contribution in [1.29, 1.82) is 0 Å². The average molecular weight is 360 g/mol. The molecule has 0 aliphatic carbocycles. The lowest BCUT2D eigenvalue weighted by molar-refractivity contribution is -0.115. The second-order valence-electron chi connectivity index (χ2n) is 5.53. The molecule has 1 heterocycles. The lowest BCUT2D eigenvalue weighted by atomic mass is 10.1. The molecule has 2 rings (SSSR count). The first-order chi connectivity index (χ1) is 12.1. The number of nitrogens with one attached hydrogen (secondary N) is 2. The number of thiazole rings is 1. The van der Waals surface area contributed by atoms with Crippen LogP contribution in [0.1, 0.15) is 29.9 Å². The van der Waals surface area contributed by atoms with Crippen LogP contribution in [0.3, 0.4) is 0 Å². The van der Waals surface area contributed by atoms with E-state index in [2.05, 4.69) is 34.4 Å². The van der Waals surface area contributed by atoms with Gasteiger partial charge in [-0.2, -0.15) is 0 Å². The van der Waals surface area contributed by atoms with Gasteiger partial charge in [0.15, 0.2) is 5.13 Å². The van der Waals surface area contributed by atoms with Crippen molar-refractivity contribution >= 4 is 28.3 Å². The first kappa shape index (κ1) is 19.1. The minimum atomic E-state index is -0.216. The molecule has 7 heteroatoms. The molecular formula is C18H24N4O2S. The first-order valence-electron chi connectivity index (χ1n) is 8.42. The molecule has 0 spiro atoms. The Labute approximate surface area is 152 Å². The van der Waals surface area contributed by atoms with Crippen molar-refractivity contribution in [3.05, 3.63) is 47.0 Å². The fourth-order valence-electron chi connectivity index (χ4n) is 2.34. The normalized spacial score (nSPS) is 10.7. The van der Waals surface area contributed by atoms with Crippen LogP contribution >= 0.6 is 11.3 Å². The topological polar surface area (TPSA) is 74.3 Å². The number of hydrogen-bond donors (Lipinski definition) is 2. The Morgan fingerprint density at radius 2 is 1.88 bits per heavy atom. The van der Waals surface area contributed by atoms with Crippen LogP contribution in [0.25, 0.3) is 0 Å². The molecule has 0 atom stereocenters. The Morgan fingerprint density at radius 1 is 1.16 bits per heavy atom. The number of rotatable bonds is 9. The van der Waals surface area contributed by atoms with Crippen molar-refractivity contribution < 1.29 is 9.59 Å². The SMILES string of the molecule is CCN(CC)CCNC(=O)c1csc(NC(=O)Cc2ccccc2)n1. The highest BCUT2D eigenvalue weighted by atomic mass is 32.1. The summed E-state index contributed by atoms with van der Waals surface area (Å²) in [6, 6.07) is 9.50. The highest BCUT2D eigenvalue weighted by Gasteiger charge is 2.12. The quantitative estimate of drug-likeness (QED) is 0.720. The molecule has 1 aromatic heterocycles. The Balaban J connectivity index is 1.80. The Morgan fingerprint density at radius 3 is 2.56 bits per heavy atom. The van der Waals surface area contributed by atoms with Gasteiger partial charge in [-0.25, -0.2) is 4.98 Å². The summed E-state index contributed by atoms with van der Waals surface area (Å²) >= 11 is 1.25. The second-order valence-corrected chi connectivity index (χ2v) is 6.39. The van der Waals surface area contributed by atoms with Gasteiger partial charge in [0.05, 0.1) is 6.42 Å². The van der Waals surface area contributed by atoms with Crippen LogP contribution in [0.5, 0.6) is 0 Å². The van der Waals surface area contributed by atoms with Crippen molar-refractivity contribution in [2.75, 3.05) is 31.5 Å². The van der Waals surface area contributed by atoms with Crippen molar-refractivity contribution in [2.24, 2.45) is 0 Å². The van der Waals surface area contributed by atoms with Crippen LogP contribution in [0.4, 0.5) is 5.13 Å². The molecule has 6 nitrogen and oxygen atoms in total. The Kier molecular flexibility index (Phi) is 7.56. The fourth-order valence-corrected chi connectivity index (χ4v) is 3.04. The third kappa shape index (κ3) is 6.28. The van der Waals surface area contributed by atoms with Gasteiger partial charge in [-0.1, -0.05) is 44.2 Å². The van der Waals surface area contributed by atoms with Crippen LogP contribution in [-0.2, 0) is 11.2 Å². The summed E-state index contributed by atoms with van der Waals surface area (Å²) in [5, 5.41) is 7.69. The number of carbonyl (C=O) groups is 2. The summed E-state index contributed by atoms with van der Waals surface area (Å²) in [5.41, 5.74) is 1.27. The van der Waals surface area contributed by atoms with Crippen molar-refractivity contribution in [1.82, 2.24) is 15.2 Å². The van der Waals surface area contributed by atoms with Gasteiger partial charge in [0.2, 0.25) is 5.91 Å². The zero-order valence-electron chi connectivity index (χ0n) is 14.6. The highest BCUT2D eigenvalue weighted by molar-refractivity contribution is 7.14. The standard InChI is InChI=1S/C18H24N4O2S/c1-3-22(4-2)11-10-19-17(24)15-13-25-18(20-15)21-16(23)12-14-8-6-5-7-9-14/h5-9,13H,3-4,10-12H2,1-2H3,(H,19,24)(H,20,21,23). The number of hydrogen-bond acceptors (Lipinski definition) is 5. The maximum atomic E-state index is 12.1. The monoisotopic (exact) mass is 360 g/mol. The van der Waals surface area contributed by atoms with Crippen LogP contribution in [0, 0.1) is 0 Å². The number of benzene rings is 1. The smallest absolute Gasteiger partial charge is 0.270 e. The van der Waals surface area contributed by atoms with Crippen molar-refractivity contribution in [3.8, 4) is 0 Å². The van der Waals surface area contributed by atoms with Gasteiger partial charge in [0, 0.05) is 18.5 Å². The molecule has 0 unspecified atom stereocenters. The van der Waals surface area contributed by atoms with Crippen LogP contribution in [-0.4, -0.2) is 47.9 Å². The molecule has 25 heavy (non-hydrogen) atoms. The van der Waals surface area contributed by atoms with E-state index >= 15 is 0 Å². The molecule has 2 amide bonds. The molecule has 2 aromatic rings. The molecule has 0 saturated carbocycles. The zero-order valence-corrected chi connectivity index (χ0v) is 15.4. The largest absolute Gasteiger partial charge is 0.349 e. The number of nitrogens with zero attached hydrogens (tertiary/aromatic N) is 2. The minimum Gasteiger partial charge on any atom is -0.349 e. The van der Waals surface area contributed by atoms with Gasteiger partial charge in [-0.3, -0.25) is 9.59 Å². The second kappa shape index (κ2) is 9.90. The summed E-state index contributed by atoms with van der Waals surface area (Å²) in [6.07, 6.45) is 0.284. The predicted molar refractivity (Wildman–Crippen MR) is 101 cm³/mol. The molecule has 0 aliphatic rings. The lowest BCUT2D eigenvalue weighted by Crippen LogP contribution is -2.34. The number of amides is 2. The lowest BCUT2D eigenvalue weighted by Gasteiger charge is -2.17. The van der Waals surface area contributed by atoms with Crippen LogP contribution in [0.15, 0.2) is 35.7 Å². The number of anilines is 1. The van der Waals surface area contributed by atoms with E-state index in [9.17, 15) is 9.59 Å². The molecule has 0 aliphatic heterocycles. The van der Waals surface area contributed by atoms with Gasteiger partial charge in [-0.15, -0.1) is 11.3 Å². The van der Waals surface area contributed by atoms with Gasteiger partial charge in [0.25, 0.3) is 5.91 Å². The van der Waals surface area contributed by atoms with E-state index in [4.69, 9.17) is 0 Å². The van der Waals surface area contributed by atoms with Crippen molar-refractivity contribution in [3.63, 3.8) is 0 Å². The summed E-state index contributed by atoms with van der Waals surface area (Å²) in [7, 11) is 0. The highest BCUT2D eigenvalue weighted by Crippen LogP contribution is 2.15. The van der Waals surface area contributed by atoms with Crippen LogP contribution < -0.4 is 10.6 Å². The number of likely N-dealkylation sites (N-methyl/N-ethyl adjacent to an activating group) is 1. The molecule has 0 bridgehead atoms. The summed E-state index contributed by atoms with van der Waals surface area (Å²) in [5.74, 6) is -0.360. The molecular weight excluding hydrogens is 336 g/mol. The van der Waals surface area contributed by atoms with E-state index in [0.717, 1.165) is 25.2 Å². The molecule has 0 radical (unpaired) electrons. The third-order valence-electron chi connectivity index (χ3n) is 3.80. The van der Waals surface area contributed by atoms with E-state index in [1.165, 1.54) is 11.3 Å². The molecule has 1 aromatic carbocycles. The van der Waals surface area contributed by atoms with Gasteiger partial charge < -0.3 is 15.5 Å². The van der Waals surface area contributed by atoms with Gasteiger partial charge in [0.1, 0.15) is 5.69 Å². The summed E-state index contributed by atoms with van der Waals surface area (Å²) in [4.78, 5) is 30.5. The molecule has 0 fully saturated rings. The number of aromatic nitrogens is 1. The van der Waals surface area contributed by atoms with E-state index in [1.54, 1.807) is 5.38 Å². The van der Waals surface area contributed by atoms with Crippen molar-refractivity contribution in [2.45, 2.75) is 20.3 Å². The average Bonchev–Trinajstić information content (AvgIpc) is 3.08. The van der Waals surface area contributed by atoms with Gasteiger partial charge in [-0.05, 0) is 18.7 Å². The van der Waals surface area contributed by atoms with Crippen LogP contribution in [0.2, 0.25) is 0 Å². The van der Waals surface area contributed by atoms with Gasteiger partial charge >= 0.3 is 0 Å². The maximum absolute atomic E-state index is 12.1. The fraction of sp³-hybridized carbons (Fsp3) is 0.389. The third-order valence-corrected chi connectivity index (χ3v) is 4.56. The van der Waals surface area contributed by atoms with E-state index < -0.39 is 0 Å². The van der Waals surface area contributed by atoms with E-state index in [-0.39, 0.29) is 18.2 Å². The maximum Gasteiger partial charge on any atom is 0.270 e. The minimum absolute atomic E-state index is 0.144. The molecule has 134 valence electrons. The predicted octanol–water partition coefficient (Wildman–Crippen LogP) is 2.40. The Bertz CT molecular complexity index is 683. The Hall–Kier alpha value is -2.25. The molecule has 2 N–H and O–H groups in total. The summed E-state index contributed by atoms with van der Waals surface area (Å²) in [6.45, 7) is 7.49. The zero-order chi connectivity index (χ0) is 18.1.